The highest BCUT2D eigenvalue weighted by Gasteiger charge is 2.30. The van der Waals surface area contributed by atoms with Crippen molar-refractivity contribution in [3.63, 3.8) is 0 Å². The Kier molecular flexibility index (Phi) is 3.76. The summed E-state index contributed by atoms with van der Waals surface area (Å²) >= 11 is 1.51. The van der Waals surface area contributed by atoms with Crippen LogP contribution in [-0.4, -0.2) is 62.7 Å². The van der Waals surface area contributed by atoms with E-state index >= 15 is 0 Å². The second-order valence-electron chi connectivity index (χ2n) is 5.90. The summed E-state index contributed by atoms with van der Waals surface area (Å²) in [5.41, 5.74) is 1.19. The molecule has 6 nitrogen and oxygen atoms in total. The van der Waals surface area contributed by atoms with E-state index in [0.717, 1.165) is 36.0 Å². The lowest BCUT2D eigenvalue weighted by molar-refractivity contribution is 0.127. The van der Waals surface area contributed by atoms with Crippen molar-refractivity contribution in [2.24, 2.45) is 0 Å². The molecule has 120 valence electrons. The van der Waals surface area contributed by atoms with Crippen LogP contribution in [0.25, 0.3) is 4.96 Å². The van der Waals surface area contributed by atoms with Gasteiger partial charge in [-0.15, -0.1) is 0 Å². The van der Waals surface area contributed by atoms with Crippen molar-refractivity contribution in [3.05, 3.63) is 47.1 Å². The van der Waals surface area contributed by atoms with E-state index < -0.39 is 0 Å². The van der Waals surface area contributed by atoms with Gasteiger partial charge in [0, 0.05) is 26.2 Å². The number of benzene rings is 1. The molecule has 1 aromatic carbocycles. The van der Waals surface area contributed by atoms with Crippen LogP contribution in [0.15, 0.2) is 36.7 Å². The largest absolute Gasteiger partial charge is 0.492 e. The van der Waals surface area contributed by atoms with E-state index in [4.69, 9.17) is 0 Å². The molecule has 3 aromatic rings. The highest BCUT2D eigenvalue weighted by atomic mass is 32.1. The molecule has 2 aromatic heterocycles. The molecule has 0 amide bonds. The fourth-order valence-corrected chi connectivity index (χ4v) is 4.21. The zero-order valence-electron chi connectivity index (χ0n) is 13.0. The van der Waals surface area contributed by atoms with Crippen LogP contribution in [0.1, 0.15) is 16.5 Å². The summed E-state index contributed by atoms with van der Waals surface area (Å²) < 4.78 is 1.52. The van der Waals surface area contributed by atoms with Crippen molar-refractivity contribution in [2.75, 3.05) is 33.2 Å². The van der Waals surface area contributed by atoms with Crippen molar-refractivity contribution in [3.8, 4) is 5.88 Å². The maximum atomic E-state index is 10.6. The maximum absolute atomic E-state index is 10.6. The number of hydrogen-bond acceptors (Lipinski definition) is 6. The van der Waals surface area contributed by atoms with Gasteiger partial charge in [-0.3, -0.25) is 4.90 Å². The Labute approximate surface area is 138 Å². The van der Waals surface area contributed by atoms with Crippen molar-refractivity contribution >= 4 is 16.3 Å². The van der Waals surface area contributed by atoms with Crippen molar-refractivity contribution in [1.29, 1.82) is 0 Å². The zero-order chi connectivity index (χ0) is 15.8. The molecule has 1 aliphatic rings. The van der Waals surface area contributed by atoms with Crippen LogP contribution >= 0.6 is 11.3 Å². The SMILES string of the molecule is CN1CCN([C@@H](c2ccccc2)c2sc3ncnn3c2O)CC1. The summed E-state index contributed by atoms with van der Waals surface area (Å²) in [4.78, 5) is 10.6. The lowest BCUT2D eigenvalue weighted by Crippen LogP contribution is -2.46. The van der Waals surface area contributed by atoms with Gasteiger partial charge in [0.25, 0.3) is 0 Å². The third-order valence-electron chi connectivity index (χ3n) is 4.41. The smallest absolute Gasteiger partial charge is 0.230 e. The highest BCUT2D eigenvalue weighted by Crippen LogP contribution is 2.39. The Hall–Kier alpha value is -1.96. The molecule has 0 spiro atoms. The predicted octanol–water partition coefficient (Wildman–Crippen LogP) is 1.83. The molecule has 1 atom stereocenters. The Morgan fingerprint density at radius 1 is 1.13 bits per heavy atom. The molecule has 1 aliphatic heterocycles. The molecular formula is C16H19N5OS. The minimum Gasteiger partial charge on any atom is -0.492 e. The standard InChI is InChI=1S/C16H19N5OS/c1-19-7-9-20(10-8-19)13(12-5-3-2-4-6-12)14-15(22)21-16(23-14)17-11-18-21/h2-6,11,13,22H,7-10H2,1H3/t13-/m0/s1. The molecule has 1 fully saturated rings. The van der Waals surface area contributed by atoms with E-state index in [1.54, 1.807) is 0 Å². The van der Waals surface area contributed by atoms with Gasteiger partial charge in [-0.1, -0.05) is 41.7 Å². The van der Waals surface area contributed by atoms with E-state index in [0.29, 0.717) is 0 Å². The number of fused-ring (bicyclic) bond motifs is 1. The number of thiazole rings is 1. The van der Waals surface area contributed by atoms with Crippen LogP contribution in [0.3, 0.4) is 0 Å². The molecular weight excluding hydrogens is 310 g/mol. The number of nitrogens with zero attached hydrogens (tertiary/aromatic N) is 5. The Balaban J connectivity index is 1.78. The predicted molar refractivity (Wildman–Crippen MR) is 89.9 cm³/mol. The number of piperazine rings is 1. The van der Waals surface area contributed by atoms with Crippen molar-refractivity contribution in [2.45, 2.75) is 6.04 Å². The Morgan fingerprint density at radius 2 is 1.87 bits per heavy atom. The molecule has 0 aliphatic carbocycles. The van der Waals surface area contributed by atoms with Gasteiger partial charge in [0.2, 0.25) is 10.8 Å². The Morgan fingerprint density at radius 3 is 2.57 bits per heavy atom. The molecule has 23 heavy (non-hydrogen) atoms. The van der Waals surface area contributed by atoms with E-state index in [1.165, 1.54) is 27.7 Å². The maximum Gasteiger partial charge on any atom is 0.230 e. The van der Waals surface area contributed by atoms with E-state index in [2.05, 4.69) is 39.1 Å². The molecule has 1 saturated heterocycles. The second kappa shape index (κ2) is 5.92. The summed E-state index contributed by atoms with van der Waals surface area (Å²) in [7, 11) is 2.15. The van der Waals surface area contributed by atoms with Gasteiger partial charge in [0.15, 0.2) is 0 Å². The molecule has 0 radical (unpaired) electrons. The van der Waals surface area contributed by atoms with Crippen LogP contribution in [0, 0.1) is 0 Å². The highest BCUT2D eigenvalue weighted by molar-refractivity contribution is 7.17. The second-order valence-corrected chi connectivity index (χ2v) is 6.91. The molecule has 0 bridgehead atoms. The van der Waals surface area contributed by atoms with E-state index in [1.807, 2.05) is 18.2 Å². The van der Waals surface area contributed by atoms with Gasteiger partial charge in [0.05, 0.1) is 10.9 Å². The lowest BCUT2D eigenvalue weighted by Gasteiger charge is -2.37. The third-order valence-corrected chi connectivity index (χ3v) is 5.49. The average molecular weight is 329 g/mol. The first-order valence-electron chi connectivity index (χ1n) is 7.73. The fraction of sp³-hybridized carbons (Fsp3) is 0.375. The number of likely N-dealkylation sites (N-methyl/N-ethyl adjacent to an activating group) is 1. The molecule has 7 heteroatoms. The fourth-order valence-electron chi connectivity index (χ4n) is 3.12. The third kappa shape index (κ3) is 2.60. The van der Waals surface area contributed by atoms with E-state index in [9.17, 15) is 5.11 Å². The van der Waals surface area contributed by atoms with Gasteiger partial charge in [-0.2, -0.15) is 9.61 Å². The first kappa shape index (κ1) is 14.6. The van der Waals surface area contributed by atoms with Crippen molar-refractivity contribution < 1.29 is 5.11 Å². The minimum atomic E-state index is 0.0402. The molecule has 4 rings (SSSR count). The summed E-state index contributed by atoms with van der Waals surface area (Å²) in [6.45, 7) is 4.02. The topological polar surface area (TPSA) is 56.9 Å². The summed E-state index contributed by atoms with van der Waals surface area (Å²) in [6, 6.07) is 10.4. The number of aromatic hydroxyl groups is 1. The number of hydrogen-bond donors (Lipinski definition) is 1. The van der Waals surface area contributed by atoms with Crippen LogP contribution < -0.4 is 0 Å². The van der Waals surface area contributed by atoms with Gasteiger partial charge < -0.3 is 10.0 Å². The number of aromatic nitrogens is 3. The molecule has 3 heterocycles. The summed E-state index contributed by atoms with van der Waals surface area (Å²) in [6.07, 6.45) is 1.47. The first-order valence-corrected chi connectivity index (χ1v) is 8.54. The summed E-state index contributed by atoms with van der Waals surface area (Å²) in [5.74, 6) is 0.204. The molecule has 1 N–H and O–H groups in total. The normalized spacial score (nSPS) is 18.5. The Bertz CT molecular complexity index is 791. The van der Waals surface area contributed by atoms with Crippen molar-refractivity contribution in [1.82, 2.24) is 24.4 Å². The van der Waals surface area contributed by atoms with Crippen LogP contribution in [0.5, 0.6) is 5.88 Å². The van der Waals surface area contributed by atoms with Gasteiger partial charge in [-0.25, -0.2) is 4.98 Å². The minimum absolute atomic E-state index is 0.0402. The molecule has 0 saturated carbocycles. The zero-order valence-corrected chi connectivity index (χ0v) is 13.8. The van der Waals surface area contributed by atoms with Crippen LogP contribution in [0.2, 0.25) is 0 Å². The monoisotopic (exact) mass is 329 g/mol. The average Bonchev–Trinajstić information content (AvgIpc) is 3.15. The number of rotatable bonds is 3. The van der Waals surface area contributed by atoms with Gasteiger partial charge in [0.1, 0.15) is 6.33 Å². The first-order chi connectivity index (χ1) is 11.2. The van der Waals surface area contributed by atoms with Gasteiger partial charge in [-0.05, 0) is 12.6 Å². The molecule has 0 unspecified atom stereocenters. The van der Waals surface area contributed by atoms with Crippen LogP contribution in [-0.2, 0) is 0 Å². The summed E-state index contributed by atoms with van der Waals surface area (Å²) in [5, 5.41) is 14.7. The van der Waals surface area contributed by atoms with Gasteiger partial charge >= 0.3 is 0 Å². The quantitative estimate of drug-likeness (QED) is 0.794. The van der Waals surface area contributed by atoms with E-state index in [-0.39, 0.29) is 11.9 Å². The lowest BCUT2D eigenvalue weighted by atomic mass is 10.0. The van der Waals surface area contributed by atoms with Crippen LogP contribution in [0.4, 0.5) is 0 Å².